The van der Waals surface area contributed by atoms with Crippen LogP contribution in [0, 0.1) is 0 Å². The molecule has 1 nitrogen and oxygen atoms in total. The molecule has 0 unspecified atom stereocenters. The Hall–Kier alpha value is -5.14. The van der Waals surface area contributed by atoms with Gasteiger partial charge in [-0.05, 0) is 49.8 Å². The summed E-state index contributed by atoms with van der Waals surface area (Å²) in [4.78, 5) is 0. The number of fused-ring (bicyclic) bond motifs is 5. The molecule has 0 amide bonds. The van der Waals surface area contributed by atoms with Crippen molar-refractivity contribution < 1.29 is 20.9 Å². The van der Waals surface area contributed by atoms with Crippen LogP contribution in [0.4, 0.5) is 0 Å². The highest BCUT2D eigenvalue weighted by molar-refractivity contribution is 6.24. The Morgan fingerprint density at radius 1 is 0.410 bits per heavy atom. The van der Waals surface area contributed by atoms with Gasteiger partial charge in [0.2, 0.25) is 0 Å². The lowest BCUT2D eigenvalue weighted by Crippen LogP contribution is -1.91. The number of hydrogen-bond acceptors (Lipinski definition) is 1. The van der Waals surface area contributed by atoms with E-state index in [0.717, 1.165) is 21.9 Å². The topological polar surface area (TPSA) is 13.1 Å². The molecule has 0 radical (unpaired) electrons. The van der Waals surface area contributed by atoms with Crippen molar-refractivity contribution in [2.24, 2.45) is 0 Å². The molecule has 0 saturated heterocycles. The van der Waals surface area contributed by atoms with Crippen LogP contribution in [-0.4, -0.2) is 0 Å². The predicted octanol–water partition coefficient (Wildman–Crippen LogP) is 10.9. The van der Waals surface area contributed by atoms with Crippen LogP contribution in [0.25, 0.3) is 76.9 Å². The van der Waals surface area contributed by atoms with E-state index in [2.05, 4.69) is 0 Å². The fourth-order valence-corrected chi connectivity index (χ4v) is 5.41. The number of para-hydroxylation sites is 2. The molecule has 39 heavy (non-hydrogen) atoms. The largest absolute Gasteiger partial charge is 0.455 e. The Bertz CT molecular complexity index is 2740. The molecule has 7 aromatic carbocycles. The molecule has 0 aliphatic heterocycles. The van der Waals surface area contributed by atoms with Crippen LogP contribution in [0.3, 0.4) is 0 Å². The first-order valence-electron chi connectivity index (χ1n) is 18.4. The first kappa shape index (κ1) is 13.1. The monoisotopic (exact) mass is 508 g/mol. The van der Waals surface area contributed by atoms with Crippen molar-refractivity contribution in [2.75, 3.05) is 0 Å². The van der Waals surface area contributed by atoms with E-state index in [4.69, 9.17) is 20.9 Å². The summed E-state index contributed by atoms with van der Waals surface area (Å²) in [6, 6.07) is 17.4. The summed E-state index contributed by atoms with van der Waals surface area (Å²) in [5.41, 5.74) is 2.76. The van der Waals surface area contributed by atoms with Crippen molar-refractivity contribution >= 4 is 43.5 Å². The summed E-state index contributed by atoms with van der Waals surface area (Å²) in [5.74, 6) is 0. The third-order valence-corrected chi connectivity index (χ3v) is 7.08. The molecule has 0 spiro atoms. The van der Waals surface area contributed by atoms with Gasteiger partial charge < -0.3 is 4.42 Å². The first-order valence-corrected chi connectivity index (χ1v) is 12.4. The number of hydrogen-bond donors (Lipinski definition) is 0. The molecule has 1 aromatic heterocycles. The maximum absolute atomic E-state index is 9.17. The summed E-state index contributed by atoms with van der Waals surface area (Å²) in [6.45, 7) is 0. The van der Waals surface area contributed by atoms with Gasteiger partial charge in [0, 0.05) is 21.9 Å². The van der Waals surface area contributed by atoms with E-state index in [-0.39, 0.29) is 57.2 Å². The Labute approximate surface area is 243 Å². The fraction of sp³-hybridized carbons (Fsp3) is 0. The zero-order chi connectivity index (χ0) is 36.2. The minimum absolute atomic E-state index is 0.0137. The van der Waals surface area contributed by atoms with Gasteiger partial charge in [0.1, 0.15) is 11.2 Å². The van der Waals surface area contributed by atoms with E-state index in [1.165, 1.54) is 0 Å². The number of rotatable bonds is 3. The van der Waals surface area contributed by atoms with Gasteiger partial charge in [-0.15, -0.1) is 0 Å². The first-order chi connectivity index (χ1) is 24.3. The SMILES string of the molecule is [2H]c1c([2H])c([2H])c(-c2ccc(-c3c4ccccc4c(-c4c([2H])c([2H])c([2H])c5c4oc4c([2H])c([2H])c([2H])c([2H])c45)c4ccccc34)cc2)c([2H])c1[2H]. The Morgan fingerprint density at radius 2 is 0.974 bits per heavy atom. The Morgan fingerprint density at radius 3 is 1.67 bits per heavy atom. The molecule has 8 rings (SSSR count). The van der Waals surface area contributed by atoms with Gasteiger partial charge in [-0.2, -0.15) is 0 Å². The average Bonchev–Trinajstić information content (AvgIpc) is 3.54. The lowest BCUT2D eigenvalue weighted by atomic mass is 9.85. The quantitative estimate of drug-likeness (QED) is 0.216. The summed E-state index contributed by atoms with van der Waals surface area (Å²) in [7, 11) is 0. The second kappa shape index (κ2) is 8.72. The number of benzene rings is 7. The molecule has 1 heterocycles. The summed E-state index contributed by atoms with van der Waals surface area (Å²) < 4.78 is 108. The normalized spacial score (nSPS) is 15.9. The lowest BCUT2D eigenvalue weighted by molar-refractivity contribution is 0.670. The third kappa shape index (κ3) is 3.41. The Balaban J connectivity index is 1.46. The zero-order valence-electron chi connectivity index (χ0n) is 32.3. The summed E-state index contributed by atoms with van der Waals surface area (Å²) in [5, 5.41) is 2.95. The van der Waals surface area contributed by atoms with E-state index < -0.39 is 48.3 Å². The van der Waals surface area contributed by atoms with Crippen molar-refractivity contribution in [2.45, 2.75) is 0 Å². The van der Waals surface area contributed by atoms with Crippen LogP contribution in [0.15, 0.2) is 150 Å². The van der Waals surface area contributed by atoms with Crippen LogP contribution in [0.5, 0.6) is 0 Å². The van der Waals surface area contributed by atoms with E-state index >= 15 is 0 Å². The molecular formula is C38H24O. The van der Waals surface area contributed by atoms with E-state index in [9.17, 15) is 0 Å². The van der Waals surface area contributed by atoms with Crippen molar-refractivity contribution in [3.05, 3.63) is 145 Å². The van der Waals surface area contributed by atoms with Crippen molar-refractivity contribution in [3.8, 4) is 33.4 Å². The van der Waals surface area contributed by atoms with Crippen LogP contribution in [0.2, 0.25) is 0 Å². The van der Waals surface area contributed by atoms with E-state index in [1.54, 1.807) is 12.1 Å². The molecule has 1 heteroatoms. The maximum atomic E-state index is 9.17. The minimum atomic E-state index is -0.491. The van der Waals surface area contributed by atoms with Crippen LogP contribution in [0.1, 0.15) is 16.4 Å². The van der Waals surface area contributed by atoms with Gasteiger partial charge in [0.05, 0.1) is 16.4 Å². The lowest BCUT2D eigenvalue weighted by Gasteiger charge is -2.18. The fourth-order valence-electron chi connectivity index (χ4n) is 5.41. The van der Waals surface area contributed by atoms with Crippen LogP contribution >= 0.6 is 0 Å². The van der Waals surface area contributed by atoms with E-state index in [1.807, 2.05) is 60.7 Å². The molecular weight excluding hydrogens is 472 g/mol. The highest BCUT2D eigenvalue weighted by atomic mass is 16.3. The Kier molecular flexibility index (Phi) is 2.92. The maximum Gasteiger partial charge on any atom is 0.143 e. The molecule has 0 atom stereocenters. The van der Waals surface area contributed by atoms with Crippen LogP contribution < -0.4 is 0 Å². The molecule has 0 N–H and O–H groups in total. The van der Waals surface area contributed by atoms with Gasteiger partial charge in [0.15, 0.2) is 0 Å². The molecule has 0 bridgehead atoms. The van der Waals surface area contributed by atoms with Gasteiger partial charge >= 0.3 is 0 Å². The van der Waals surface area contributed by atoms with Crippen molar-refractivity contribution in [1.29, 1.82) is 0 Å². The van der Waals surface area contributed by atoms with E-state index in [0.29, 0.717) is 21.9 Å². The van der Waals surface area contributed by atoms with Gasteiger partial charge in [-0.25, -0.2) is 0 Å². The highest BCUT2D eigenvalue weighted by Crippen LogP contribution is 2.46. The van der Waals surface area contributed by atoms with Gasteiger partial charge in [-0.1, -0.05) is 139 Å². The minimum Gasteiger partial charge on any atom is -0.455 e. The number of furan rings is 1. The van der Waals surface area contributed by atoms with Crippen LogP contribution in [-0.2, 0) is 0 Å². The molecule has 0 fully saturated rings. The second-order valence-corrected chi connectivity index (χ2v) is 9.18. The van der Waals surface area contributed by atoms with Crippen molar-refractivity contribution in [3.63, 3.8) is 0 Å². The highest BCUT2D eigenvalue weighted by Gasteiger charge is 2.19. The second-order valence-electron chi connectivity index (χ2n) is 9.18. The standard InChI is InChI=1S/C38H24O/c1-2-11-25(12-3-1)26-21-23-27(24-22-26)36-29-14-4-6-16-31(29)37(32-17-7-5-15-30(32)36)34-19-10-18-33-28-13-8-9-20-35(28)39-38(33)34/h1-24H/i1D,2D,3D,8D,9D,10D,11D,12D,13D,18D,19D,20D. The molecule has 0 aliphatic carbocycles. The summed E-state index contributed by atoms with van der Waals surface area (Å²) in [6.07, 6.45) is 0. The van der Waals surface area contributed by atoms with Gasteiger partial charge in [-0.3, -0.25) is 0 Å². The third-order valence-electron chi connectivity index (χ3n) is 7.08. The average molecular weight is 509 g/mol. The molecule has 8 aromatic rings. The predicted molar refractivity (Wildman–Crippen MR) is 165 cm³/mol. The molecule has 182 valence electrons. The summed E-state index contributed by atoms with van der Waals surface area (Å²) >= 11 is 0. The zero-order valence-corrected chi connectivity index (χ0v) is 20.3. The molecule has 0 aliphatic rings. The smallest absolute Gasteiger partial charge is 0.143 e. The van der Waals surface area contributed by atoms with Gasteiger partial charge in [0.25, 0.3) is 0 Å². The van der Waals surface area contributed by atoms with Crippen molar-refractivity contribution in [1.82, 2.24) is 0 Å². The molecule has 0 saturated carbocycles.